The van der Waals surface area contributed by atoms with E-state index in [4.69, 9.17) is 4.74 Å². The van der Waals surface area contributed by atoms with Crippen molar-refractivity contribution in [2.75, 3.05) is 7.11 Å². The number of imide groups is 1. The summed E-state index contributed by atoms with van der Waals surface area (Å²) in [7, 11) is 1.50. The van der Waals surface area contributed by atoms with Gasteiger partial charge in [-0.2, -0.15) is 5.01 Å². The van der Waals surface area contributed by atoms with Crippen LogP contribution in [-0.2, 0) is 21.5 Å². The van der Waals surface area contributed by atoms with Gasteiger partial charge >= 0.3 is 6.03 Å². The summed E-state index contributed by atoms with van der Waals surface area (Å²) in [5, 5.41) is 3.25. The Bertz CT molecular complexity index is 900. The van der Waals surface area contributed by atoms with Crippen LogP contribution in [0.15, 0.2) is 48.5 Å². The van der Waals surface area contributed by atoms with Crippen LogP contribution in [-0.4, -0.2) is 30.0 Å². The predicted molar refractivity (Wildman–Crippen MR) is 94.0 cm³/mol. The first-order valence-corrected chi connectivity index (χ1v) is 8.18. The van der Waals surface area contributed by atoms with E-state index >= 15 is 0 Å². The number of nitrogens with zero attached hydrogens (tertiary/aromatic N) is 1. The highest BCUT2D eigenvalue weighted by atomic mass is 19.1. The average Bonchev–Trinajstić information content (AvgIpc) is 2.88. The van der Waals surface area contributed by atoms with Gasteiger partial charge in [0.1, 0.15) is 17.1 Å². The van der Waals surface area contributed by atoms with Crippen molar-refractivity contribution in [3.8, 4) is 5.75 Å². The lowest BCUT2D eigenvalue weighted by Gasteiger charge is -2.22. The first-order valence-electron chi connectivity index (χ1n) is 8.18. The highest BCUT2D eigenvalue weighted by molar-refractivity contribution is 6.08. The van der Waals surface area contributed by atoms with Gasteiger partial charge in [0.2, 0.25) is 5.91 Å². The van der Waals surface area contributed by atoms with Gasteiger partial charge in [0.25, 0.3) is 5.91 Å². The Morgan fingerprint density at radius 2 is 1.93 bits per heavy atom. The van der Waals surface area contributed by atoms with Gasteiger partial charge in [-0.15, -0.1) is 0 Å². The Morgan fingerprint density at radius 1 is 1.22 bits per heavy atom. The summed E-state index contributed by atoms with van der Waals surface area (Å²) in [6.07, 6.45) is -0.104. The largest absolute Gasteiger partial charge is 0.497 e. The van der Waals surface area contributed by atoms with Crippen molar-refractivity contribution >= 4 is 17.8 Å². The van der Waals surface area contributed by atoms with Gasteiger partial charge in [0.15, 0.2) is 0 Å². The lowest BCUT2D eigenvalue weighted by atomic mass is 9.92. The predicted octanol–water partition coefficient (Wildman–Crippen LogP) is 1.88. The highest BCUT2D eigenvalue weighted by Crippen LogP contribution is 2.30. The molecule has 0 saturated carbocycles. The second kappa shape index (κ2) is 7.06. The number of hydrogen-bond donors (Lipinski definition) is 2. The van der Waals surface area contributed by atoms with E-state index in [1.54, 1.807) is 31.2 Å². The number of methoxy groups -OCH3 is 1. The summed E-state index contributed by atoms with van der Waals surface area (Å²) >= 11 is 0. The summed E-state index contributed by atoms with van der Waals surface area (Å²) in [6.45, 7) is 1.55. The molecule has 0 unspecified atom stereocenters. The van der Waals surface area contributed by atoms with Gasteiger partial charge in [-0.3, -0.25) is 15.0 Å². The molecule has 4 amide bonds. The molecule has 0 spiro atoms. The molecule has 140 valence electrons. The van der Waals surface area contributed by atoms with Crippen LogP contribution in [0.25, 0.3) is 0 Å². The molecular formula is C19H18FN3O4. The van der Waals surface area contributed by atoms with E-state index in [1.165, 1.54) is 31.4 Å². The third-order valence-electron chi connectivity index (χ3n) is 4.35. The molecule has 1 fully saturated rings. The number of hydrazine groups is 1. The molecule has 1 aliphatic rings. The first-order chi connectivity index (χ1) is 12.8. The lowest BCUT2D eigenvalue weighted by molar-refractivity contribution is -0.138. The minimum atomic E-state index is -1.34. The van der Waals surface area contributed by atoms with Crippen LogP contribution in [0, 0.1) is 5.82 Å². The van der Waals surface area contributed by atoms with E-state index in [0.717, 1.165) is 0 Å². The van der Waals surface area contributed by atoms with Crippen LogP contribution in [0.2, 0.25) is 0 Å². The molecule has 1 aliphatic heterocycles. The third-order valence-corrected chi connectivity index (χ3v) is 4.35. The molecule has 2 N–H and O–H groups in total. The molecule has 27 heavy (non-hydrogen) atoms. The van der Waals surface area contributed by atoms with Crippen molar-refractivity contribution in [2.45, 2.75) is 18.9 Å². The molecule has 3 rings (SSSR count). The Labute approximate surface area is 155 Å². The molecule has 0 aromatic heterocycles. The Morgan fingerprint density at radius 3 is 2.59 bits per heavy atom. The maximum Gasteiger partial charge on any atom is 0.344 e. The zero-order valence-electron chi connectivity index (χ0n) is 14.8. The van der Waals surface area contributed by atoms with Gasteiger partial charge in [0.05, 0.1) is 13.5 Å². The maximum atomic E-state index is 12.9. The fourth-order valence-corrected chi connectivity index (χ4v) is 2.82. The Kier molecular flexibility index (Phi) is 4.81. The van der Waals surface area contributed by atoms with Crippen molar-refractivity contribution in [3.05, 3.63) is 65.5 Å². The van der Waals surface area contributed by atoms with Gasteiger partial charge < -0.3 is 10.1 Å². The summed E-state index contributed by atoms with van der Waals surface area (Å²) in [5.74, 6) is -1.06. The topological polar surface area (TPSA) is 87.7 Å². The minimum absolute atomic E-state index is 0.104. The monoisotopic (exact) mass is 371 g/mol. The summed E-state index contributed by atoms with van der Waals surface area (Å²) in [6, 6.07) is 11.4. The zero-order chi connectivity index (χ0) is 19.6. The van der Waals surface area contributed by atoms with E-state index in [2.05, 4.69) is 10.7 Å². The van der Waals surface area contributed by atoms with Crippen molar-refractivity contribution in [1.29, 1.82) is 0 Å². The number of ether oxygens (including phenoxy) is 1. The standard InChI is InChI=1S/C19H18FN3O4/c1-19(13-4-3-5-15(11-13)27-2)17(25)23(18(26)21-19)22-16(24)10-12-6-8-14(20)9-7-12/h3-9,11H,10H2,1-2H3,(H,21,26)(H,22,24)/t19-/m0/s1. The number of benzene rings is 2. The number of nitrogens with one attached hydrogen (secondary N) is 2. The van der Waals surface area contributed by atoms with Gasteiger partial charge in [0, 0.05) is 0 Å². The molecule has 7 nitrogen and oxygen atoms in total. The maximum absolute atomic E-state index is 12.9. The number of halogens is 1. The van der Waals surface area contributed by atoms with Crippen molar-refractivity contribution < 1.29 is 23.5 Å². The van der Waals surface area contributed by atoms with Gasteiger partial charge in [-0.05, 0) is 42.3 Å². The molecule has 0 aliphatic carbocycles. The fraction of sp³-hybridized carbons (Fsp3) is 0.211. The van der Waals surface area contributed by atoms with E-state index in [0.29, 0.717) is 21.9 Å². The summed E-state index contributed by atoms with van der Waals surface area (Å²) in [5.41, 5.74) is 2.04. The average molecular weight is 371 g/mol. The van der Waals surface area contributed by atoms with Crippen LogP contribution < -0.4 is 15.5 Å². The second-order valence-corrected chi connectivity index (χ2v) is 6.27. The second-order valence-electron chi connectivity index (χ2n) is 6.27. The third kappa shape index (κ3) is 3.59. The molecule has 1 atom stereocenters. The van der Waals surface area contributed by atoms with Crippen LogP contribution in [0.3, 0.4) is 0 Å². The molecule has 1 saturated heterocycles. The minimum Gasteiger partial charge on any atom is -0.497 e. The van der Waals surface area contributed by atoms with Gasteiger partial charge in [-0.25, -0.2) is 9.18 Å². The number of hydrogen-bond acceptors (Lipinski definition) is 4. The van der Waals surface area contributed by atoms with Crippen molar-refractivity contribution in [3.63, 3.8) is 0 Å². The van der Waals surface area contributed by atoms with E-state index < -0.39 is 29.2 Å². The van der Waals surface area contributed by atoms with Crippen LogP contribution in [0.4, 0.5) is 9.18 Å². The number of amides is 4. The molecule has 2 aromatic rings. The van der Waals surface area contributed by atoms with Crippen molar-refractivity contribution in [2.24, 2.45) is 0 Å². The Hall–Kier alpha value is -3.42. The smallest absolute Gasteiger partial charge is 0.344 e. The van der Waals surface area contributed by atoms with Crippen molar-refractivity contribution in [1.82, 2.24) is 15.8 Å². The lowest BCUT2D eigenvalue weighted by Crippen LogP contribution is -2.48. The first kappa shape index (κ1) is 18.4. The number of carbonyl (C=O) groups is 3. The molecule has 0 bridgehead atoms. The van der Waals surface area contributed by atoms with E-state index in [1.807, 2.05) is 0 Å². The summed E-state index contributed by atoms with van der Waals surface area (Å²) in [4.78, 5) is 37.3. The number of rotatable bonds is 5. The van der Waals surface area contributed by atoms with Crippen LogP contribution in [0.5, 0.6) is 5.75 Å². The Balaban J connectivity index is 1.75. The summed E-state index contributed by atoms with van der Waals surface area (Å²) < 4.78 is 18.1. The molecule has 1 heterocycles. The fourth-order valence-electron chi connectivity index (χ4n) is 2.82. The molecule has 2 aromatic carbocycles. The number of carbonyl (C=O) groups excluding carboxylic acids is 3. The molecule has 8 heteroatoms. The van der Waals surface area contributed by atoms with E-state index in [9.17, 15) is 18.8 Å². The zero-order valence-corrected chi connectivity index (χ0v) is 14.8. The van der Waals surface area contributed by atoms with Crippen LogP contribution >= 0.6 is 0 Å². The van der Waals surface area contributed by atoms with Crippen LogP contribution in [0.1, 0.15) is 18.1 Å². The number of urea groups is 1. The molecule has 0 radical (unpaired) electrons. The van der Waals surface area contributed by atoms with Gasteiger partial charge in [-0.1, -0.05) is 24.3 Å². The molecular weight excluding hydrogens is 353 g/mol. The SMILES string of the molecule is COc1cccc([C@]2(C)NC(=O)N(NC(=O)Cc3ccc(F)cc3)C2=O)c1. The highest BCUT2D eigenvalue weighted by Gasteiger charge is 2.50. The quantitative estimate of drug-likeness (QED) is 0.786. The van der Waals surface area contributed by atoms with E-state index in [-0.39, 0.29) is 6.42 Å². The normalized spacial score (nSPS) is 19.0.